The lowest BCUT2D eigenvalue weighted by atomic mass is 9.87. The molecule has 78 valence electrons. The molecule has 0 heterocycles. The quantitative estimate of drug-likeness (QED) is 0.682. The number of carbonyl (C=O) groups excluding carboxylic acids is 1. The molecule has 0 aromatic heterocycles. The lowest BCUT2D eigenvalue weighted by molar-refractivity contribution is -0.132. The van der Waals surface area contributed by atoms with Gasteiger partial charge in [-0.05, 0) is 19.3 Å². The van der Waals surface area contributed by atoms with Crippen LogP contribution in [-0.2, 0) is 4.79 Å². The molecule has 0 N–H and O–H groups in total. The van der Waals surface area contributed by atoms with E-state index in [1.54, 1.807) is 11.8 Å². The highest BCUT2D eigenvalue weighted by atomic mass is 32.1. The van der Waals surface area contributed by atoms with Gasteiger partial charge in [0.15, 0.2) is 0 Å². The van der Waals surface area contributed by atoms with Gasteiger partial charge in [-0.2, -0.15) is 12.6 Å². The number of hydrogen-bond acceptors (Lipinski definition) is 2. The first-order valence-electron chi connectivity index (χ1n) is 4.62. The maximum absolute atomic E-state index is 11.6. The van der Waals surface area contributed by atoms with Gasteiger partial charge in [-0.15, -0.1) is 0 Å². The van der Waals surface area contributed by atoms with Gasteiger partial charge in [0.05, 0.1) is 5.25 Å². The van der Waals surface area contributed by atoms with Gasteiger partial charge in [0, 0.05) is 13.1 Å². The Morgan fingerprint density at radius 3 is 1.92 bits per heavy atom. The Kier molecular flexibility index (Phi) is 4.30. The summed E-state index contributed by atoms with van der Waals surface area (Å²) in [7, 11) is 1.84. The first kappa shape index (κ1) is 12.8. The van der Waals surface area contributed by atoms with E-state index in [0.717, 1.165) is 0 Å². The third kappa shape index (κ3) is 3.59. The second kappa shape index (κ2) is 4.36. The van der Waals surface area contributed by atoms with Crippen molar-refractivity contribution in [3.05, 3.63) is 0 Å². The Hall–Kier alpha value is -0.180. The molecule has 0 bridgehead atoms. The van der Waals surface area contributed by atoms with Crippen LogP contribution < -0.4 is 0 Å². The SMILES string of the molecule is CC(S)C(=O)N(C)C(C)C(C)(C)C. The predicted octanol–water partition coefficient (Wildman–Crippen LogP) is 2.20. The lowest BCUT2D eigenvalue weighted by Crippen LogP contribution is -2.45. The van der Waals surface area contributed by atoms with Crippen molar-refractivity contribution in [1.29, 1.82) is 0 Å². The number of carbonyl (C=O) groups is 1. The van der Waals surface area contributed by atoms with Gasteiger partial charge in [-0.25, -0.2) is 0 Å². The molecule has 0 spiro atoms. The third-order valence-electron chi connectivity index (χ3n) is 2.54. The zero-order valence-corrected chi connectivity index (χ0v) is 10.4. The summed E-state index contributed by atoms with van der Waals surface area (Å²) in [5.41, 5.74) is 0.118. The van der Waals surface area contributed by atoms with Crippen molar-refractivity contribution in [2.75, 3.05) is 7.05 Å². The number of hydrogen-bond donors (Lipinski definition) is 1. The van der Waals surface area contributed by atoms with E-state index < -0.39 is 0 Å². The summed E-state index contributed by atoms with van der Waals surface area (Å²) in [4.78, 5) is 13.4. The van der Waals surface area contributed by atoms with Crippen molar-refractivity contribution in [2.45, 2.75) is 45.9 Å². The van der Waals surface area contributed by atoms with Crippen LogP contribution in [0.15, 0.2) is 0 Å². The van der Waals surface area contributed by atoms with Crippen LogP contribution in [0.2, 0.25) is 0 Å². The van der Waals surface area contributed by atoms with Gasteiger partial charge in [-0.1, -0.05) is 20.8 Å². The maximum Gasteiger partial charge on any atom is 0.235 e. The number of thiol groups is 1. The van der Waals surface area contributed by atoms with E-state index in [1.807, 2.05) is 7.05 Å². The Morgan fingerprint density at radius 1 is 1.31 bits per heavy atom. The van der Waals surface area contributed by atoms with E-state index in [9.17, 15) is 4.79 Å². The first-order chi connectivity index (χ1) is 5.68. The molecule has 2 nitrogen and oxygen atoms in total. The second-order valence-electron chi connectivity index (χ2n) is 4.67. The average Bonchev–Trinajstić information content (AvgIpc) is 1.98. The summed E-state index contributed by atoms with van der Waals surface area (Å²) in [5.74, 6) is 0.0887. The highest BCUT2D eigenvalue weighted by Crippen LogP contribution is 2.23. The molecule has 0 aliphatic heterocycles. The van der Waals surface area contributed by atoms with Crippen LogP contribution in [0.1, 0.15) is 34.6 Å². The Morgan fingerprint density at radius 2 is 1.69 bits per heavy atom. The van der Waals surface area contributed by atoms with E-state index in [4.69, 9.17) is 0 Å². The van der Waals surface area contributed by atoms with Crippen LogP contribution in [0.5, 0.6) is 0 Å². The summed E-state index contributed by atoms with van der Waals surface area (Å²) in [6, 6.07) is 0.231. The van der Waals surface area contributed by atoms with Crippen molar-refractivity contribution < 1.29 is 4.79 Å². The molecule has 13 heavy (non-hydrogen) atoms. The Bertz CT molecular complexity index is 184. The fraction of sp³-hybridized carbons (Fsp3) is 0.900. The van der Waals surface area contributed by atoms with E-state index in [2.05, 4.69) is 40.3 Å². The van der Waals surface area contributed by atoms with Crippen molar-refractivity contribution in [1.82, 2.24) is 4.90 Å². The van der Waals surface area contributed by atoms with Gasteiger partial charge >= 0.3 is 0 Å². The zero-order valence-electron chi connectivity index (χ0n) is 9.46. The third-order valence-corrected chi connectivity index (χ3v) is 2.76. The fourth-order valence-electron chi connectivity index (χ4n) is 1.07. The van der Waals surface area contributed by atoms with Gasteiger partial charge in [0.25, 0.3) is 0 Å². The van der Waals surface area contributed by atoms with Crippen molar-refractivity contribution in [2.24, 2.45) is 5.41 Å². The van der Waals surface area contributed by atoms with Crippen molar-refractivity contribution >= 4 is 18.5 Å². The molecular formula is C10H21NOS. The number of amides is 1. The monoisotopic (exact) mass is 203 g/mol. The van der Waals surface area contributed by atoms with Gasteiger partial charge in [0.2, 0.25) is 5.91 Å². The smallest absolute Gasteiger partial charge is 0.235 e. The van der Waals surface area contributed by atoms with Crippen LogP contribution in [0.25, 0.3) is 0 Å². The molecular weight excluding hydrogens is 182 g/mol. The minimum Gasteiger partial charge on any atom is -0.342 e. The fourth-order valence-corrected chi connectivity index (χ4v) is 1.25. The average molecular weight is 203 g/mol. The van der Waals surface area contributed by atoms with Crippen molar-refractivity contribution in [3.8, 4) is 0 Å². The van der Waals surface area contributed by atoms with E-state index in [-0.39, 0.29) is 22.6 Å². The summed E-state index contributed by atoms with van der Waals surface area (Å²) in [6.07, 6.45) is 0. The topological polar surface area (TPSA) is 20.3 Å². The van der Waals surface area contributed by atoms with E-state index >= 15 is 0 Å². The molecule has 0 saturated heterocycles. The van der Waals surface area contributed by atoms with Crippen LogP contribution >= 0.6 is 12.6 Å². The van der Waals surface area contributed by atoms with E-state index in [1.165, 1.54) is 0 Å². The second-order valence-corrected chi connectivity index (χ2v) is 5.44. The molecule has 0 radical (unpaired) electrons. The normalized spacial score (nSPS) is 16.5. The highest BCUT2D eigenvalue weighted by molar-refractivity contribution is 7.81. The lowest BCUT2D eigenvalue weighted by Gasteiger charge is -2.36. The van der Waals surface area contributed by atoms with Crippen LogP contribution in [-0.4, -0.2) is 29.1 Å². The molecule has 2 atom stereocenters. The molecule has 2 unspecified atom stereocenters. The summed E-state index contributed by atoms with van der Waals surface area (Å²) < 4.78 is 0. The molecule has 3 heteroatoms. The molecule has 0 aliphatic carbocycles. The Labute approximate surface area is 87.1 Å². The standard InChI is InChI=1S/C10H21NOS/c1-7(13)9(12)11(6)8(2)10(3,4)5/h7-8,13H,1-6H3. The number of rotatable bonds is 2. The molecule has 0 aliphatic rings. The number of nitrogens with zero attached hydrogens (tertiary/aromatic N) is 1. The molecule has 0 fully saturated rings. The molecule has 0 aromatic rings. The predicted molar refractivity (Wildman–Crippen MR) is 60.1 cm³/mol. The van der Waals surface area contributed by atoms with Crippen LogP contribution in [0, 0.1) is 5.41 Å². The maximum atomic E-state index is 11.6. The molecule has 0 aromatic carbocycles. The highest BCUT2D eigenvalue weighted by Gasteiger charge is 2.27. The first-order valence-corrected chi connectivity index (χ1v) is 5.14. The molecule has 0 rings (SSSR count). The molecule has 0 saturated carbocycles. The van der Waals surface area contributed by atoms with E-state index in [0.29, 0.717) is 0 Å². The minimum atomic E-state index is -0.213. The summed E-state index contributed by atoms with van der Waals surface area (Å²) in [6.45, 7) is 10.3. The van der Waals surface area contributed by atoms with Gasteiger partial charge < -0.3 is 4.90 Å². The van der Waals surface area contributed by atoms with Gasteiger partial charge in [-0.3, -0.25) is 4.79 Å². The van der Waals surface area contributed by atoms with Crippen molar-refractivity contribution in [3.63, 3.8) is 0 Å². The minimum absolute atomic E-state index is 0.0887. The summed E-state index contributed by atoms with van der Waals surface area (Å²) in [5, 5.41) is -0.213. The Balaban J connectivity index is 4.43. The zero-order chi connectivity index (χ0) is 10.8. The van der Waals surface area contributed by atoms with Gasteiger partial charge in [0.1, 0.15) is 0 Å². The summed E-state index contributed by atoms with van der Waals surface area (Å²) >= 11 is 4.13. The van der Waals surface area contributed by atoms with Crippen LogP contribution in [0.4, 0.5) is 0 Å². The largest absolute Gasteiger partial charge is 0.342 e. The van der Waals surface area contributed by atoms with Crippen LogP contribution in [0.3, 0.4) is 0 Å². The molecule has 1 amide bonds.